The van der Waals surface area contributed by atoms with Crippen LogP contribution in [0.4, 0.5) is 8.78 Å². The standard InChI is InChI=1S/C27H24F2N6O2/c1-2-37-25(36)13-8-17-6-9-18(10-7-17)22-12-11-19(33-34-22)15-35-16-24-23(14-30-35)31-27(32-24)20-4-3-5-21(28)26(20)29/h3-7,9-12,14H,2,8,13,15-16H2,1H3,(H,31,32). The molecular weight excluding hydrogens is 478 g/mol. The zero-order valence-corrected chi connectivity index (χ0v) is 20.1. The molecule has 0 saturated heterocycles. The molecule has 2 aromatic carbocycles. The first-order chi connectivity index (χ1) is 18.0. The van der Waals surface area contributed by atoms with Crippen molar-refractivity contribution in [1.82, 2.24) is 25.2 Å². The summed E-state index contributed by atoms with van der Waals surface area (Å²) in [6, 6.07) is 15.6. The van der Waals surface area contributed by atoms with Crippen LogP contribution in [0.15, 0.2) is 59.7 Å². The molecule has 0 radical (unpaired) electrons. The van der Waals surface area contributed by atoms with Crippen LogP contribution in [0.2, 0.25) is 0 Å². The zero-order chi connectivity index (χ0) is 25.8. The highest BCUT2D eigenvalue weighted by atomic mass is 19.2. The number of carbonyl (C=O) groups excluding carboxylic acids is 1. The van der Waals surface area contributed by atoms with E-state index >= 15 is 0 Å². The lowest BCUT2D eigenvalue weighted by molar-refractivity contribution is -0.143. The van der Waals surface area contributed by atoms with E-state index in [0.717, 1.165) is 28.6 Å². The van der Waals surface area contributed by atoms with Gasteiger partial charge in [0.25, 0.3) is 0 Å². The molecule has 3 heterocycles. The van der Waals surface area contributed by atoms with Crippen molar-refractivity contribution in [3.63, 3.8) is 0 Å². The van der Waals surface area contributed by atoms with E-state index in [2.05, 4.69) is 25.3 Å². The summed E-state index contributed by atoms with van der Waals surface area (Å²) in [5.41, 5.74) is 4.84. The minimum absolute atomic E-state index is 0.0721. The third kappa shape index (κ3) is 5.53. The number of rotatable bonds is 8. The molecule has 0 amide bonds. The Morgan fingerprint density at radius 1 is 1.08 bits per heavy atom. The number of hydrazone groups is 1. The second kappa shape index (κ2) is 10.7. The lowest BCUT2D eigenvalue weighted by Crippen LogP contribution is -2.22. The van der Waals surface area contributed by atoms with Crippen molar-refractivity contribution in [2.24, 2.45) is 5.10 Å². The molecule has 1 aliphatic heterocycles. The molecule has 1 N–H and O–H groups in total. The van der Waals surface area contributed by atoms with Crippen molar-refractivity contribution in [1.29, 1.82) is 0 Å². The summed E-state index contributed by atoms with van der Waals surface area (Å²) >= 11 is 0. The van der Waals surface area contributed by atoms with Gasteiger partial charge in [-0.2, -0.15) is 15.3 Å². The van der Waals surface area contributed by atoms with Crippen molar-refractivity contribution in [2.45, 2.75) is 32.9 Å². The maximum absolute atomic E-state index is 14.2. The fraction of sp³-hybridized carbons (Fsp3) is 0.222. The summed E-state index contributed by atoms with van der Waals surface area (Å²) in [4.78, 5) is 19.0. The van der Waals surface area contributed by atoms with E-state index in [4.69, 9.17) is 4.74 Å². The van der Waals surface area contributed by atoms with Gasteiger partial charge in [-0.15, -0.1) is 0 Å². The molecule has 0 aliphatic carbocycles. The molecule has 0 saturated carbocycles. The van der Waals surface area contributed by atoms with Crippen LogP contribution in [-0.4, -0.2) is 44.0 Å². The largest absolute Gasteiger partial charge is 0.466 e. The number of benzene rings is 2. The average Bonchev–Trinajstić information content (AvgIpc) is 3.33. The van der Waals surface area contributed by atoms with Gasteiger partial charge >= 0.3 is 5.97 Å². The number of aromatic amines is 1. The second-order valence-corrected chi connectivity index (χ2v) is 8.53. The zero-order valence-electron chi connectivity index (χ0n) is 20.1. The highest BCUT2D eigenvalue weighted by molar-refractivity contribution is 5.80. The molecule has 0 spiro atoms. The van der Waals surface area contributed by atoms with E-state index in [0.29, 0.717) is 43.9 Å². The summed E-state index contributed by atoms with van der Waals surface area (Å²) in [7, 11) is 0. The Morgan fingerprint density at radius 2 is 1.92 bits per heavy atom. The minimum Gasteiger partial charge on any atom is -0.466 e. The number of ether oxygens (including phenoxy) is 1. The highest BCUT2D eigenvalue weighted by Gasteiger charge is 2.20. The van der Waals surface area contributed by atoms with Crippen LogP contribution in [0.25, 0.3) is 22.6 Å². The van der Waals surface area contributed by atoms with E-state index in [1.54, 1.807) is 18.1 Å². The third-order valence-electron chi connectivity index (χ3n) is 5.94. The summed E-state index contributed by atoms with van der Waals surface area (Å²) < 4.78 is 32.7. The molecule has 0 fully saturated rings. The van der Waals surface area contributed by atoms with Crippen molar-refractivity contribution < 1.29 is 18.3 Å². The molecule has 37 heavy (non-hydrogen) atoms. The normalized spacial score (nSPS) is 12.5. The Hall–Kier alpha value is -4.47. The Kier molecular flexibility index (Phi) is 6.98. The smallest absolute Gasteiger partial charge is 0.306 e. The number of aromatic nitrogens is 4. The maximum atomic E-state index is 14.2. The first kappa shape index (κ1) is 24.2. The van der Waals surface area contributed by atoms with Crippen LogP contribution in [0.3, 0.4) is 0 Å². The summed E-state index contributed by atoms with van der Waals surface area (Å²) in [6.45, 7) is 2.98. The van der Waals surface area contributed by atoms with Gasteiger partial charge in [0.2, 0.25) is 0 Å². The van der Waals surface area contributed by atoms with Gasteiger partial charge in [0.15, 0.2) is 11.6 Å². The molecule has 10 heteroatoms. The van der Waals surface area contributed by atoms with Crippen LogP contribution in [0, 0.1) is 11.6 Å². The van der Waals surface area contributed by atoms with E-state index < -0.39 is 11.6 Å². The van der Waals surface area contributed by atoms with E-state index in [1.807, 2.05) is 36.4 Å². The lowest BCUT2D eigenvalue weighted by Gasteiger charge is -2.20. The molecule has 0 atom stereocenters. The molecule has 5 rings (SSSR count). The lowest BCUT2D eigenvalue weighted by atomic mass is 10.1. The first-order valence-electron chi connectivity index (χ1n) is 11.9. The van der Waals surface area contributed by atoms with Crippen molar-refractivity contribution in [2.75, 3.05) is 6.61 Å². The topological polar surface area (TPSA) is 96.4 Å². The average molecular weight is 503 g/mol. The van der Waals surface area contributed by atoms with Gasteiger partial charge in [0.1, 0.15) is 5.82 Å². The molecule has 0 unspecified atom stereocenters. The van der Waals surface area contributed by atoms with Crippen LogP contribution in [0.5, 0.6) is 0 Å². The van der Waals surface area contributed by atoms with Crippen molar-refractivity contribution in [3.8, 4) is 22.6 Å². The molecule has 0 bridgehead atoms. The number of carbonyl (C=O) groups is 1. The number of imidazole rings is 1. The quantitative estimate of drug-likeness (QED) is 0.352. The van der Waals surface area contributed by atoms with Gasteiger partial charge in [-0.25, -0.2) is 13.8 Å². The number of aryl methyl sites for hydroxylation is 1. The number of H-pyrrole nitrogens is 1. The molecule has 4 aromatic rings. The van der Waals surface area contributed by atoms with E-state index in [1.165, 1.54) is 12.1 Å². The van der Waals surface area contributed by atoms with E-state index in [9.17, 15) is 13.6 Å². The molecular formula is C27H24F2N6O2. The number of fused-ring (bicyclic) bond motifs is 1. The van der Waals surface area contributed by atoms with Gasteiger partial charge in [0.05, 0.1) is 54.3 Å². The van der Waals surface area contributed by atoms with Crippen LogP contribution in [0.1, 0.15) is 36.0 Å². The number of hydrogen-bond acceptors (Lipinski definition) is 7. The molecule has 188 valence electrons. The maximum Gasteiger partial charge on any atom is 0.306 e. The Morgan fingerprint density at radius 3 is 2.68 bits per heavy atom. The fourth-order valence-corrected chi connectivity index (χ4v) is 4.02. The highest BCUT2D eigenvalue weighted by Crippen LogP contribution is 2.25. The Labute approximate surface area is 212 Å². The number of nitrogens with zero attached hydrogens (tertiary/aromatic N) is 5. The third-order valence-corrected chi connectivity index (χ3v) is 5.94. The number of esters is 1. The number of halogens is 2. The summed E-state index contributed by atoms with van der Waals surface area (Å²) in [6.07, 6.45) is 2.58. The molecule has 1 aliphatic rings. The predicted octanol–water partition coefficient (Wildman–Crippen LogP) is 4.66. The monoisotopic (exact) mass is 502 g/mol. The van der Waals surface area contributed by atoms with Crippen LogP contribution >= 0.6 is 0 Å². The summed E-state index contributed by atoms with van der Waals surface area (Å²) in [5.74, 6) is -1.81. The predicted molar refractivity (Wildman–Crippen MR) is 133 cm³/mol. The van der Waals surface area contributed by atoms with Gasteiger partial charge < -0.3 is 9.72 Å². The van der Waals surface area contributed by atoms with Gasteiger partial charge in [-0.05, 0) is 43.2 Å². The van der Waals surface area contributed by atoms with Gasteiger partial charge in [0, 0.05) is 12.0 Å². The fourth-order valence-electron chi connectivity index (χ4n) is 4.02. The first-order valence-corrected chi connectivity index (χ1v) is 11.9. The van der Waals surface area contributed by atoms with Gasteiger partial charge in [-0.1, -0.05) is 30.3 Å². The minimum atomic E-state index is -0.941. The van der Waals surface area contributed by atoms with Crippen LogP contribution in [-0.2, 0) is 29.0 Å². The van der Waals surface area contributed by atoms with Crippen LogP contribution < -0.4 is 0 Å². The Bertz CT molecular complexity index is 1430. The Balaban J connectivity index is 1.20. The molecule has 8 nitrogen and oxygen atoms in total. The number of hydrogen-bond donors (Lipinski definition) is 1. The van der Waals surface area contributed by atoms with Crippen molar-refractivity contribution >= 4 is 12.2 Å². The SMILES string of the molecule is CCOC(=O)CCc1ccc(-c2ccc(CN3Cc4nc(-c5cccc(F)c5F)[nH]c4C=N3)nn2)cc1. The molecule has 2 aromatic heterocycles. The second-order valence-electron chi connectivity index (χ2n) is 8.53. The van der Waals surface area contributed by atoms with E-state index in [-0.39, 0.29) is 17.4 Å². The summed E-state index contributed by atoms with van der Waals surface area (Å²) in [5, 5.41) is 14.9. The van der Waals surface area contributed by atoms with Crippen molar-refractivity contribution in [3.05, 3.63) is 88.9 Å². The van der Waals surface area contributed by atoms with Gasteiger partial charge in [-0.3, -0.25) is 9.80 Å². The number of nitrogens with one attached hydrogen (secondary N) is 1.